The number of H-pyrrole nitrogens is 6. The fourth-order valence-electron chi connectivity index (χ4n) is 19.0. The first-order chi connectivity index (χ1) is 63.0. The number of oxazole rings is 1. The number of rotatable bonds is 10. The minimum Gasteiger partial charge on any atom is -0.443 e. The molecule has 17 rings (SSSR count). The fraction of sp³-hybridized carbons (Fsp3) is 0.602. The fourth-order valence-corrected chi connectivity index (χ4v) is 20.1. The molecule has 9 aromatic heterocycles. The van der Waals surface area contributed by atoms with Crippen LogP contribution in [-0.2, 0) is 69.0 Å². The number of aliphatic imine (C=N–C) groups is 1. The van der Waals surface area contributed by atoms with Crippen LogP contribution in [0.25, 0.3) is 61.6 Å². The van der Waals surface area contributed by atoms with Crippen molar-refractivity contribution in [2.75, 3.05) is 13.1 Å². The van der Waals surface area contributed by atoms with Gasteiger partial charge < -0.3 is 34.3 Å². The molecule has 0 amide bonds. The molecule has 2 aliphatic heterocycles. The number of likely N-dealkylation sites (tertiary alicyclic amines) is 1. The molecule has 11 heterocycles. The van der Waals surface area contributed by atoms with Gasteiger partial charge in [-0.25, -0.2) is 39.9 Å². The second-order valence-electron chi connectivity index (χ2n) is 51.2. The van der Waals surface area contributed by atoms with E-state index in [-0.39, 0.29) is 43.3 Å². The van der Waals surface area contributed by atoms with Crippen LogP contribution in [0, 0.1) is 17.3 Å². The number of allylic oxidation sites excluding steroid dienone is 1. The number of hydrogen-bond donors (Lipinski definition) is 6. The molecule has 1 saturated carbocycles. The first kappa shape index (κ1) is 107. The van der Waals surface area contributed by atoms with Crippen molar-refractivity contribution < 1.29 is 4.42 Å². The topological polar surface area (TPSA) is 227 Å². The van der Waals surface area contributed by atoms with Crippen molar-refractivity contribution >= 4 is 44.9 Å². The molecule has 0 unspecified atom stereocenters. The average Bonchev–Trinajstić information content (AvgIpc) is 1.57. The predicted octanol–water partition coefficient (Wildman–Crippen LogP) is 32.2. The number of fused-ring (bicyclic) bond motifs is 4. The molecule has 5 aliphatic rings. The maximum absolute atomic E-state index is 5.67. The zero-order valence-corrected chi connectivity index (χ0v) is 92.3. The summed E-state index contributed by atoms with van der Waals surface area (Å²) in [5.41, 5.74) is 29.4. The Morgan fingerprint density at radius 3 is 1.24 bits per heavy atom. The van der Waals surface area contributed by atoms with E-state index in [1.54, 1.807) is 16.7 Å². The zero-order chi connectivity index (χ0) is 100. The van der Waals surface area contributed by atoms with Crippen LogP contribution in [0.15, 0.2) is 114 Å². The highest BCUT2D eigenvalue weighted by Crippen LogP contribution is 2.46. The third-order valence-electron chi connectivity index (χ3n) is 27.9. The monoisotopic (exact) mass is 1870 g/mol. The molecule has 3 aromatic carbocycles. The number of aromatic nitrogens is 14. The van der Waals surface area contributed by atoms with E-state index in [4.69, 9.17) is 4.42 Å². The van der Waals surface area contributed by atoms with Gasteiger partial charge in [-0.15, -0.1) is 11.3 Å². The van der Waals surface area contributed by atoms with Gasteiger partial charge in [0.15, 0.2) is 17.6 Å². The predicted molar refractivity (Wildman–Crippen MR) is 578 cm³/mol. The van der Waals surface area contributed by atoms with Gasteiger partial charge >= 0.3 is 0 Å². The highest BCUT2D eigenvalue weighted by atomic mass is 32.1. The van der Waals surface area contributed by atoms with Gasteiger partial charge in [-0.2, -0.15) is 0 Å². The molecule has 0 bridgehead atoms. The lowest BCUT2D eigenvalue weighted by atomic mass is 9.69. The number of nitrogens with one attached hydrogen (secondary N) is 6. The van der Waals surface area contributed by atoms with E-state index in [0.29, 0.717) is 46.5 Å². The van der Waals surface area contributed by atoms with Gasteiger partial charge in [-0.05, 0) is 225 Å². The summed E-state index contributed by atoms with van der Waals surface area (Å²) in [6, 6.07) is 20.2. The minimum absolute atomic E-state index is 0.00740. The summed E-state index contributed by atoms with van der Waals surface area (Å²) >= 11 is 1.91. The first-order valence-electron chi connectivity index (χ1n) is 51.5. The number of thiophene rings is 1. The number of nitrogens with zero attached hydrogens (tertiary/aromatic N) is 10. The summed E-state index contributed by atoms with van der Waals surface area (Å²) in [6.07, 6.45) is 33.1. The van der Waals surface area contributed by atoms with Crippen LogP contribution in [0.5, 0.6) is 0 Å². The van der Waals surface area contributed by atoms with Gasteiger partial charge in [-0.3, -0.25) is 9.89 Å². The molecular formula is C118H176N16OS. The van der Waals surface area contributed by atoms with Crippen molar-refractivity contribution in [3.63, 3.8) is 0 Å². The number of pyridine rings is 1. The third-order valence-corrected chi connectivity index (χ3v) is 29.5. The molecule has 17 nitrogen and oxygen atoms in total. The normalized spacial score (nSPS) is 16.7. The Kier molecular flexibility index (Phi) is 33.5. The van der Waals surface area contributed by atoms with Crippen molar-refractivity contribution in [3.8, 4) is 33.8 Å². The van der Waals surface area contributed by atoms with Gasteiger partial charge in [-0.1, -0.05) is 279 Å². The Hall–Kier alpha value is -9.13. The largest absolute Gasteiger partial charge is 0.443 e. The van der Waals surface area contributed by atoms with E-state index in [2.05, 4.69) is 404 Å². The molecule has 2 fully saturated rings. The minimum atomic E-state index is -0.00740. The Morgan fingerprint density at radius 1 is 0.390 bits per heavy atom. The second-order valence-corrected chi connectivity index (χ2v) is 52.3. The summed E-state index contributed by atoms with van der Waals surface area (Å²) in [5, 5.41) is 0. The molecule has 3 aliphatic carbocycles. The summed E-state index contributed by atoms with van der Waals surface area (Å²) in [4.78, 5) is 66.9. The van der Waals surface area contributed by atoms with Crippen molar-refractivity contribution in [2.24, 2.45) is 22.2 Å². The maximum Gasteiger partial charge on any atom is 0.182 e. The highest BCUT2D eigenvalue weighted by Gasteiger charge is 2.35. The number of imidazole rings is 6. The first-order valence-corrected chi connectivity index (χ1v) is 52.3. The summed E-state index contributed by atoms with van der Waals surface area (Å²) in [5.74, 6) is 10.7. The smallest absolute Gasteiger partial charge is 0.182 e. The maximum atomic E-state index is 5.67. The van der Waals surface area contributed by atoms with Gasteiger partial charge in [0.25, 0.3) is 0 Å². The number of hydrogen-bond acceptors (Lipinski definition) is 12. The van der Waals surface area contributed by atoms with Gasteiger partial charge in [0.1, 0.15) is 40.5 Å². The van der Waals surface area contributed by atoms with Crippen LogP contribution < -0.4 is 0 Å². The molecule has 18 heteroatoms. The van der Waals surface area contributed by atoms with E-state index in [1.807, 2.05) is 48.5 Å². The van der Waals surface area contributed by atoms with Crippen LogP contribution in [0.3, 0.4) is 0 Å². The Morgan fingerprint density at radius 2 is 0.831 bits per heavy atom. The van der Waals surface area contributed by atoms with E-state index < -0.39 is 0 Å². The van der Waals surface area contributed by atoms with Crippen molar-refractivity contribution in [1.82, 2.24) is 74.7 Å². The second kappa shape index (κ2) is 42.5. The lowest BCUT2D eigenvalue weighted by Gasteiger charge is -2.40. The van der Waals surface area contributed by atoms with Gasteiger partial charge in [0, 0.05) is 131 Å². The number of benzene rings is 3. The Balaban J connectivity index is 0.000000153. The summed E-state index contributed by atoms with van der Waals surface area (Å²) in [7, 11) is 0. The SMILES string of the molecule is CC(C)(C)c1ncc(-c2ccc(C(C)(C)C)c3c2CCC3)[nH]1.CC(C)(C)c1ncc(-c2ccc(C(C)(C)C)c3c2CCCC3)[nH]1.CC(C)(C)c1ncc(-c2ccc(C(C)(C)C)c3ocnc23)[nH]1.CC(C)C1=NC=C(c2ccc(C(C)(C)C)s2)C1.CC(C)c1cnc2nc(C(C)(C)C)[nH]c2c1.CC(C)c1ncc(C2CCC(C(C)(C)C)CC2)[nH]1.CC(C)c1ncc(C2CCN(C(C)(C)C)CC2)[nH]1. The van der Waals surface area contributed by atoms with Crippen LogP contribution in [0.1, 0.15) is 457 Å². The number of aromatic amines is 6. The van der Waals surface area contributed by atoms with Crippen LogP contribution >= 0.6 is 11.3 Å². The molecule has 6 N–H and O–H groups in total. The van der Waals surface area contributed by atoms with Crippen molar-refractivity contribution in [3.05, 3.63) is 205 Å². The number of piperidine rings is 1. The average molecular weight is 1870 g/mol. The summed E-state index contributed by atoms with van der Waals surface area (Å²) < 4.78 is 5.67. The highest BCUT2D eigenvalue weighted by molar-refractivity contribution is 7.13. The molecule has 0 atom stereocenters. The molecule has 740 valence electrons. The van der Waals surface area contributed by atoms with Crippen LogP contribution in [0.2, 0.25) is 0 Å². The molecular weight excluding hydrogens is 1690 g/mol. The standard InChI is InChI=1S/C21H30N2.C20H28N2.C18H23N3O.C16H28N2.C15H27N3.C15H21NS.C13H19N3/c1-20(2,3)17-12-11-16(14-9-7-8-10-15(14)17)18-13-22-19(23-18)21(4,5)6;1-19(2,3)16-11-10-15(13-8-7-9-14(13)16)17-12-21-18(22-17)20(4,5)6;1-17(2,3)12-8-7-11(14-15(12)22-10-20-14)13-9-19-16(21-13)18(4,5)6;1-11(2)15-17-10-14(18-15)12-6-8-13(9-7-12)16(3,4)5;1-11(2)14-16-10-13(17-14)12-6-8-18(9-7-12)15(3,4)5;1-10(2)12-8-11(9-16-12)13-6-7-14(17-13)15(3,4)5;1-8(2)9-6-10-11(14-7-9)16-12(15-10)13(3,4)5/h11-13H,7-10H2,1-6H3,(H,22,23);10-12H,7-9H2,1-6H3,(H,21,22);7-10H,1-6H3,(H,19,21);10-13H,6-9H2,1-5H3,(H,17,18);10-12H,6-9H2,1-5H3,(H,16,17);6-7,9-10H,8H2,1-5H3;6-8H,1-5H3,(H,14,15,16). The lowest BCUT2D eigenvalue weighted by molar-refractivity contribution is 0.102. The Labute approximate surface area is 824 Å². The summed E-state index contributed by atoms with van der Waals surface area (Å²) in [6.45, 7) is 87.3. The van der Waals surface area contributed by atoms with Gasteiger partial charge in [0.05, 0.1) is 41.2 Å². The van der Waals surface area contributed by atoms with Crippen molar-refractivity contribution in [2.45, 2.75) is 431 Å². The van der Waals surface area contributed by atoms with Crippen LogP contribution in [-0.4, -0.2) is 99.0 Å². The van der Waals surface area contributed by atoms with Crippen LogP contribution in [0.4, 0.5) is 0 Å². The molecule has 0 radical (unpaired) electrons. The molecule has 12 aromatic rings. The van der Waals surface area contributed by atoms with Crippen molar-refractivity contribution in [1.29, 1.82) is 0 Å². The van der Waals surface area contributed by atoms with Gasteiger partial charge in [0.2, 0.25) is 0 Å². The molecule has 1 saturated heterocycles. The van der Waals surface area contributed by atoms with E-state index in [9.17, 15) is 0 Å². The molecule has 136 heavy (non-hydrogen) atoms. The quantitative estimate of drug-likeness (QED) is 0.0759. The van der Waals surface area contributed by atoms with E-state index >= 15 is 0 Å². The Bertz CT molecular complexity index is 5890. The molecule has 0 spiro atoms. The lowest BCUT2D eigenvalue weighted by Crippen LogP contribution is -2.45. The van der Waals surface area contributed by atoms with E-state index in [1.165, 1.54) is 186 Å². The zero-order valence-electron chi connectivity index (χ0n) is 91.5. The van der Waals surface area contributed by atoms with E-state index in [0.717, 1.165) is 80.8 Å². The third kappa shape index (κ3) is 27.3.